The summed E-state index contributed by atoms with van der Waals surface area (Å²) >= 11 is 1.64. The molecule has 0 spiro atoms. The number of hydrogen-bond donors (Lipinski definition) is 1. The van der Waals surface area contributed by atoms with Gasteiger partial charge in [0.1, 0.15) is 5.01 Å². The molecule has 2 aromatic rings. The molecule has 0 saturated carbocycles. The number of hydrogen-bond acceptors (Lipinski definition) is 5. The van der Waals surface area contributed by atoms with E-state index in [1.165, 1.54) is 0 Å². The van der Waals surface area contributed by atoms with Gasteiger partial charge in [-0.1, -0.05) is 32.1 Å². The van der Waals surface area contributed by atoms with Crippen LogP contribution in [0, 0.1) is 5.41 Å². The molecular formula is C12H21N5S. The van der Waals surface area contributed by atoms with E-state index in [9.17, 15) is 0 Å². The van der Waals surface area contributed by atoms with Gasteiger partial charge < -0.3 is 5.73 Å². The highest BCUT2D eigenvalue weighted by Crippen LogP contribution is 2.27. The first kappa shape index (κ1) is 13.4. The summed E-state index contributed by atoms with van der Waals surface area (Å²) in [6.45, 7) is 7.34. The number of aryl methyl sites for hydroxylation is 2. The third-order valence-electron chi connectivity index (χ3n) is 3.25. The normalized spacial score (nSPS) is 12.4. The summed E-state index contributed by atoms with van der Waals surface area (Å²) in [5, 5.41) is 14.0. The Hall–Kier alpha value is -1.01. The predicted octanol–water partition coefficient (Wildman–Crippen LogP) is 2.06. The van der Waals surface area contributed by atoms with Crippen molar-refractivity contribution in [3.05, 3.63) is 10.8 Å². The fraction of sp³-hybridized carbons (Fsp3) is 0.750. The topological polar surface area (TPSA) is 69.1 Å². The molecule has 2 heterocycles. The maximum Gasteiger partial charge on any atom is 0.234 e. The zero-order valence-corrected chi connectivity index (χ0v) is 12.1. The van der Waals surface area contributed by atoms with E-state index < -0.39 is 0 Å². The van der Waals surface area contributed by atoms with Gasteiger partial charge in [-0.15, -0.1) is 10.2 Å². The lowest BCUT2D eigenvalue weighted by Crippen LogP contribution is -2.17. The molecule has 0 aliphatic carbocycles. The second kappa shape index (κ2) is 5.32. The summed E-state index contributed by atoms with van der Waals surface area (Å²) in [5.41, 5.74) is 5.92. The minimum absolute atomic E-state index is 0.286. The van der Waals surface area contributed by atoms with Crippen LogP contribution < -0.4 is 5.73 Å². The van der Waals surface area contributed by atoms with Gasteiger partial charge in [-0.3, -0.25) is 0 Å². The van der Waals surface area contributed by atoms with Crippen molar-refractivity contribution in [1.29, 1.82) is 0 Å². The number of nitrogens with two attached hydrogens (primary N) is 1. The maximum atomic E-state index is 5.63. The zero-order chi connectivity index (χ0) is 13.2. The van der Waals surface area contributed by atoms with E-state index in [2.05, 4.69) is 36.1 Å². The minimum Gasteiger partial charge on any atom is -0.330 e. The summed E-state index contributed by atoms with van der Waals surface area (Å²) < 4.78 is 1.87. The van der Waals surface area contributed by atoms with Crippen LogP contribution in [0.4, 0.5) is 0 Å². The number of rotatable bonds is 6. The van der Waals surface area contributed by atoms with Crippen LogP contribution in [-0.2, 0) is 12.8 Å². The van der Waals surface area contributed by atoms with Crippen molar-refractivity contribution in [2.45, 2.75) is 46.5 Å². The lowest BCUT2D eigenvalue weighted by molar-refractivity contribution is 0.313. The lowest BCUT2D eigenvalue weighted by Gasteiger charge is -2.22. The molecule has 0 unspecified atom stereocenters. The molecule has 5 nitrogen and oxygen atoms in total. The second-order valence-corrected chi connectivity index (χ2v) is 6.40. The Kier molecular flexibility index (Phi) is 3.97. The molecule has 0 radical (unpaired) electrons. The highest BCUT2D eigenvalue weighted by molar-refractivity contribution is 7.16. The largest absolute Gasteiger partial charge is 0.330 e. The van der Waals surface area contributed by atoms with Gasteiger partial charge in [0, 0.05) is 12.8 Å². The van der Waals surface area contributed by atoms with Crippen molar-refractivity contribution < 1.29 is 0 Å². The number of nitrogens with zero attached hydrogens (tertiary/aromatic N) is 4. The fourth-order valence-electron chi connectivity index (χ4n) is 1.98. The lowest BCUT2D eigenvalue weighted by atomic mass is 9.84. The molecule has 0 aliphatic heterocycles. The smallest absolute Gasteiger partial charge is 0.234 e. The van der Waals surface area contributed by atoms with E-state index >= 15 is 0 Å². The minimum atomic E-state index is 0.286. The average Bonchev–Trinajstić information content (AvgIpc) is 2.85. The van der Waals surface area contributed by atoms with Crippen molar-refractivity contribution in [1.82, 2.24) is 19.8 Å². The molecule has 0 aliphatic rings. The standard InChI is InChI=1S/C12H21N5S/c1-4-9-14-15-11-17(9)16-10(18-11)5-6-12(2,3)7-8-13/h4-8,13H2,1-3H3. The SMILES string of the molecule is CCc1nnc2sc(CCC(C)(C)CCN)nn12. The van der Waals surface area contributed by atoms with Gasteiger partial charge >= 0.3 is 0 Å². The van der Waals surface area contributed by atoms with E-state index in [-0.39, 0.29) is 5.41 Å². The Balaban J connectivity index is 2.06. The predicted molar refractivity (Wildman–Crippen MR) is 73.8 cm³/mol. The van der Waals surface area contributed by atoms with Gasteiger partial charge in [-0.25, -0.2) is 0 Å². The summed E-state index contributed by atoms with van der Waals surface area (Å²) in [5.74, 6) is 0.939. The zero-order valence-electron chi connectivity index (χ0n) is 11.3. The first-order valence-corrected chi connectivity index (χ1v) is 7.27. The Labute approximate surface area is 111 Å². The highest BCUT2D eigenvalue weighted by atomic mass is 32.1. The molecule has 0 atom stereocenters. The van der Waals surface area contributed by atoms with Gasteiger partial charge in [-0.2, -0.15) is 9.61 Å². The average molecular weight is 267 g/mol. The van der Waals surface area contributed by atoms with Crippen LogP contribution in [0.25, 0.3) is 4.96 Å². The van der Waals surface area contributed by atoms with Gasteiger partial charge in [0.05, 0.1) is 0 Å². The van der Waals surface area contributed by atoms with E-state index in [4.69, 9.17) is 5.73 Å². The van der Waals surface area contributed by atoms with E-state index in [0.717, 1.165) is 48.0 Å². The molecular weight excluding hydrogens is 246 g/mol. The van der Waals surface area contributed by atoms with Crippen LogP contribution >= 0.6 is 11.3 Å². The van der Waals surface area contributed by atoms with Crippen LogP contribution in [0.1, 0.15) is 44.4 Å². The van der Waals surface area contributed by atoms with Gasteiger partial charge in [-0.05, 0) is 24.8 Å². The molecule has 0 fully saturated rings. The summed E-state index contributed by atoms with van der Waals surface area (Å²) in [7, 11) is 0. The molecule has 2 aromatic heterocycles. The molecule has 0 amide bonds. The Morgan fingerprint density at radius 3 is 2.72 bits per heavy atom. The highest BCUT2D eigenvalue weighted by Gasteiger charge is 2.18. The molecule has 6 heteroatoms. The number of aromatic nitrogens is 4. The van der Waals surface area contributed by atoms with Crippen molar-refractivity contribution in [3.63, 3.8) is 0 Å². The molecule has 2 N–H and O–H groups in total. The second-order valence-electron chi connectivity index (χ2n) is 5.36. The molecule has 2 rings (SSSR count). The first-order chi connectivity index (χ1) is 8.55. The maximum absolute atomic E-state index is 5.63. The number of fused-ring (bicyclic) bond motifs is 1. The van der Waals surface area contributed by atoms with Crippen molar-refractivity contribution in [2.75, 3.05) is 6.54 Å². The van der Waals surface area contributed by atoms with Gasteiger partial charge in [0.25, 0.3) is 0 Å². The summed E-state index contributed by atoms with van der Waals surface area (Å²) in [6, 6.07) is 0. The van der Waals surface area contributed by atoms with Crippen LogP contribution in [0.5, 0.6) is 0 Å². The van der Waals surface area contributed by atoms with Gasteiger partial charge in [0.15, 0.2) is 5.82 Å². The molecule has 0 bridgehead atoms. The Bertz CT molecular complexity index is 513. The third kappa shape index (κ3) is 2.87. The van der Waals surface area contributed by atoms with E-state index in [1.54, 1.807) is 11.3 Å². The molecule has 100 valence electrons. The van der Waals surface area contributed by atoms with Crippen LogP contribution in [0.2, 0.25) is 0 Å². The van der Waals surface area contributed by atoms with Crippen molar-refractivity contribution >= 4 is 16.3 Å². The Morgan fingerprint density at radius 1 is 1.28 bits per heavy atom. The molecule has 0 saturated heterocycles. The van der Waals surface area contributed by atoms with Crippen LogP contribution in [0.15, 0.2) is 0 Å². The monoisotopic (exact) mass is 267 g/mol. The fourth-order valence-corrected chi connectivity index (χ4v) is 2.83. The van der Waals surface area contributed by atoms with Gasteiger partial charge in [0.2, 0.25) is 4.96 Å². The quantitative estimate of drug-likeness (QED) is 0.869. The first-order valence-electron chi connectivity index (χ1n) is 6.46. The molecule has 0 aromatic carbocycles. The van der Waals surface area contributed by atoms with E-state index in [0.29, 0.717) is 0 Å². The van der Waals surface area contributed by atoms with Crippen LogP contribution in [0.3, 0.4) is 0 Å². The third-order valence-corrected chi connectivity index (χ3v) is 4.21. The van der Waals surface area contributed by atoms with Crippen molar-refractivity contribution in [2.24, 2.45) is 11.1 Å². The van der Waals surface area contributed by atoms with Crippen molar-refractivity contribution in [3.8, 4) is 0 Å². The Morgan fingerprint density at radius 2 is 2.06 bits per heavy atom. The summed E-state index contributed by atoms with van der Waals surface area (Å²) in [6.07, 6.45) is 4.01. The van der Waals surface area contributed by atoms with E-state index in [1.807, 2.05) is 4.52 Å². The van der Waals surface area contributed by atoms with Crippen LogP contribution in [-0.4, -0.2) is 26.4 Å². The summed E-state index contributed by atoms with van der Waals surface area (Å²) in [4.78, 5) is 0.901. The molecule has 18 heavy (non-hydrogen) atoms.